The first kappa shape index (κ1) is 10.2. The van der Waals surface area contributed by atoms with Crippen LogP contribution in [-0.4, -0.2) is 15.0 Å². The summed E-state index contributed by atoms with van der Waals surface area (Å²) in [5, 5.41) is 17.0. The first-order chi connectivity index (χ1) is 7.22. The number of aromatic nitrogens is 3. The number of hydrogen-bond donors (Lipinski definition) is 0. The number of nitriles is 1. The smallest absolute Gasteiger partial charge is 0.186 e. The Morgan fingerprint density at radius 2 is 2.27 bits per heavy atom. The monoisotopic (exact) mass is 204 g/mol. The second-order valence-corrected chi connectivity index (χ2v) is 4.64. The average molecular weight is 204 g/mol. The standard InChI is InChI=1S/C11H16N4/c1-8(2)7-15-11(9-4-3-5-9)10(6-12)13-14-15/h8-9H,3-5,7H2,1-2H3. The molecule has 4 nitrogen and oxygen atoms in total. The molecule has 1 aliphatic rings. The Balaban J connectivity index is 2.29. The van der Waals surface area contributed by atoms with Gasteiger partial charge < -0.3 is 0 Å². The van der Waals surface area contributed by atoms with Gasteiger partial charge in [-0.25, -0.2) is 4.68 Å². The molecule has 0 atom stereocenters. The van der Waals surface area contributed by atoms with Gasteiger partial charge in [0.05, 0.1) is 5.69 Å². The molecule has 15 heavy (non-hydrogen) atoms. The van der Waals surface area contributed by atoms with Crippen LogP contribution >= 0.6 is 0 Å². The largest absolute Gasteiger partial charge is 0.247 e. The van der Waals surface area contributed by atoms with Crippen molar-refractivity contribution in [2.75, 3.05) is 0 Å². The Labute approximate surface area is 89.9 Å². The van der Waals surface area contributed by atoms with Crippen LogP contribution in [0, 0.1) is 17.2 Å². The predicted molar refractivity (Wildman–Crippen MR) is 56.2 cm³/mol. The van der Waals surface area contributed by atoms with E-state index in [1.165, 1.54) is 19.3 Å². The third kappa shape index (κ3) is 1.87. The summed E-state index contributed by atoms with van der Waals surface area (Å²) in [6, 6.07) is 2.14. The molecule has 0 aliphatic heterocycles. The molecule has 4 heteroatoms. The summed E-state index contributed by atoms with van der Waals surface area (Å²) in [6.45, 7) is 5.16. The molecular formula is C11H16N4. The Kier molecular flexibility index (Phi) is 2.72. The van der Waals surface area contributed by atoms with E-state index < -0.39 is 0 Å². The van der Waals surface area contributed by atoms with Crippen LogP contribution in [0.25, 0.3) is 0 Å². The van der Waals surface area contributed by atoms with Crippen LogP contribution in [0.1, 0.15) is 50.4 Å². The molecule has 80 valence electrons. The van der Waals surface area contributed by atoms with E-state index in [1.54, 1.807) is 0 Å². The quantitative estimate of drug-likeness (QED) is 0.757. The molecule has 1 aromatic heterocycles. The van der Waals surface area contributed by atoms with Gasteiger partial charge in [0.2, 0.25) is 0 Å². The molecule has 0 bridgehead atoms. The zero-order valence-electron chi connectivity index (χ0n) is 9.27. The molecular weight excluding hydrogens is 188 g/mol. The van der Waals surface area contributed by atoms with E-state index in [2.05, 4.69) is 30.2 Å². The van der Waals surface area contributed by atoms with E-state index in [0.29, 0.717) is 17.5 Å². The van der Waals surface area contributed by atoms with Crippen molar-refractivity contribution in [1.82, 2.24) is 15.0 Å². The molecule has 1 aliphatic carbocycles. The Bertz CT molecular complexity index is 382. The van der Waals surface area contributed by atoms with Crippen molar-refractivity contribution in [3.63, 3.8) is 0 Å². The highest BCUT2D eigenvalue weighted by atomic mass is 15.4. The summed E-state index contributed by atoms with van der Waals surface area (Å²) in [5.41, 5.74) is 1.60. The summed E-state index contributed by atoms with van der Waals surface area (Å²) >= 11 is 0. The van der Waals surface area contributed by atoms with Crippen LogP contribution in [0.3, 0.4) is 0 Å². The Hall–Kier alpha value is -1.37. The maximum Gasteiger partial charge on any atom is 0.186 e. The zero-order valence-corrected chi connectivity index (χ0v) is 9.27. The first-order valence-corrected chi connectivity index (χ1v) is 5.56. The van der Waals surface area contributed by atoms with Gasteiger partial charge >= 0.3 is 0 Å². The summed E-state index contributed by atoms with van der Waals surface area (Å²) in [4.78, 5) is 0. The van der Waals surface area contributed by atoms with E-state index in [9.17, 15) is 0 Å². The van der Waals surface area contributed by atoms with Crippen LogP contribution in [0.2, 0.25) is 0 Å². The minimum absolute atomic E-state index is 0.522. The van der Waals surface area contributed by atoms with Gasteiger partial charge in [-0.2, -0.15) is 5.26 Å². The van der Waals surface area contributed by atoms with E-state index in [0.717, 1.165) is 12.2 Å². The highest BCUT2D eigenvalue weighted by molar-refractivity contribution is 5.29. The molecule has 0 unspecified atom stereocenters. The van der Waals surface area contributed by atoms with Crippen molar-refractivity contribution < 1.29 is 0 Å². The molecule has 1 fully saturated rings. The van der Waals surface area contributed by atoms with E-state index in [-0.39, 0.29) is 0 Å². The number of hydrogen-bond acceptors (Lipinski definition) is 3. The summed E-state index contributed by atoms with van der Waals surface area (Å²) in [7, 11) is 0. The normalized spacial score (nSPS) is 16.4. The van der Waals surface area contributed by atoms with E-state index in [4.69, 9.17) is 5.26 Å². The molecule has 1 saturated carbocycles. The van der Waals surface area contributed by atoms with E-state index >= 15 is 0 Å². The fourth-order valence-corrected chi connectivity index (χ4v) is 1.97. The van der Waals surface area contributed by atoms with Crippen molar-refractivity contribution in [3.05, 3.63) is 11.4 Å². The minimum atomic E-state index is 0.522. The minimum Gasteiger partial charge on any atom is -0.247 e. The van der Waals surface area contributed by atoms with Gasteiger partial charge in [0.15, 0.2) is 5.69 Å². The maximum absolute atomic E-state index is 8.97. The van der Waals surface area contributed by atoms with Gasteiger partial charge in [0.25, 0.3) is 0 Å². The fourth-order valence-electron chi connectivity index (χ4n) is 1.97. The van der Waals surface area contributed by atoms with Crippen molar-refractivity contribution in [2.45, 2.75) is 45.6 Å². The molecule has 1 aromatic rings. The van der Waals surface area contributed by atoms with Crippen molar-refractivity contribution in [1.29, 1.82) is 5.26 Å². The highest BCUT2D eigenvalue weighted by Gasteiger charge is 2.27. The van der Waals surface area contributed by atoms with Gasteiger partial charge in [0.1, 0.15) is 6.07 Å². The van der Waals surface area contributed by atoms with Gasteiger partial charge in [-0.15, -0.1) is 5.10 Å². The molecule has 0 radical (unpaired) electrons. The third-order valence-electron chi connectivity index (χ3n) is 2.91. The van der Waals surface area contributed by atoms with E-state index in [1.807, 2.05) is 4.68 Å². The van der Waals surface area contributed by atoms with Crippen LogP contribution < -0.4 is 0 Å². The number of nitrogens with zero attached hydrogens (tertiary/aromatic N) is 4. The topological polar surface area (TPSA) is 54.5 Å². The third-order valence-corrected chi connectivity index (χ3v) is 2.91. The second-order valence-electron chi connectivity index (χ2n) is 4.64. The van der Waals surface area contributed by atoms with Crippen LogP contribution in [-0.2, 0) is 6.54 Å². The van der Waals surface area contributed by atoms with Gasteiger partial charge in [0, 0.05) is 12.5 Å². The molecule has 0 spiro atoms. The van der Waals surface area contributed by atoms with Crippen molar-refractivity contribution in [2.24, 2.45) is 5.92 Å². The number of rotatable bonds is 3. The Morgan fingerprint density at radius 3 is 2.73 bits per heavy atom. The first-order valence-electron chi connectivity index (χ1n) is 5.56. The summed E-state index contributed by atoms with van der Waals surface area (Å²) in [6.07, 6.45) is 3.63. The lowest BCUT2D eigenvalue weighted by molar-refractivity contribution is 0.370. The van der Waals surface area contributed by atoms with Crippen LogP contribution in [0.5, 0.6) is 0 Å². The average Bonchev–Trinajstić information content (AvgIpc) is 2.45. The summed E-state index contributed by atoms with van der Waals surface area (Å²) in [5.74, 6) is 1.06. The Morgan fingerprint density at radius 1 is 1.53 bits per heavy atom. The van der Waals surface area contributed by atoms with Crippen LogP contribution in [0.4, 0.5) is 0 Å². The van der Waals surface area contributed by atoms with Gasteiger partial charge in [-0.05, 0) is 18.8 Å². The molecule has 1 heterocycles. The van der Waals surface area contributed by atoms with Gasteiger partial charge in [-0.1, -0.05) is 25.5 Å². The molecule has 0 amide bonds. The maximum atomic E-state index is 8.97. The van der Waals surface area contributed by atoms with Gasteiger partial charge in [-0.3, -0.25) is 0 Å². The fraction of sp³-hybridized carbons (Fsp3) is 0.727. The molecule has 2 rings (SSSR count). The lowest BCUT2D eigenvalue weighted by atomic mass is 9.82. The predicted octanol–water partition coefficient (Wildman–Crippen LogP) is 2.07. The summed E-state index contributed by atoms with van der Waals surface area (Å²) < 4.78 is 1.92. The molecule has 0 aromatic carbocycles. The molecule has 0 saturated heterocycles. The molecule has 0 N–H and O–H groups in total. The lowest BCUT2D eigenvalue weighted by Crippen LogP contribution is -2.18. The van der Waals surface area contributed by atoms with Crippen molar-refractivity contribution >= 4 is 0 Å². The van der Waals surface area contributed by atoms with Crippen molar-refractivity contribution in [3.8, 4) is 6.07 Å². The highest BCUT2D eigenvalue weighted by Crippen LogP contribution is 2.37. The second kappa shape index (κ2) is 4.01. The SMILES string of the molecule is CC(C)Cn1nnc(C#N)c1C1CCC1. The zero-order chi connectivity index (χ0) is 10.8. The lowest BCUT2D eigenvalue weighted by Gasteiger charge is -2.26. The van der Waals surface area contributed by atoms with Crippen LogP contribution in [0.15, 0.2) is 0 Å².